The van der Waals surface area contributed by atoms with Crippen molar-refractivity contribution in [2.75, 3.05) is 7.11 Å². The molecule has 3 heterocycles. The summed E-state index contributed by atoms with van der Waals surface area (Å²) in [5.74, 6) is 1.09. The lowest BCUT2D eigenvalue weighted by Crippen LogP contribution is -2.39. The van der Waals surface area contributed by atoms with Crippen LogP contribution in [0.15, 0.2) is 46.1 Å². The molecule has 0 atom stereocenters. The van der Waals surface area contributed by atoms with Crippen LogP contribution in [0.3, 0.4) is 0 Å². The summed E-state index contributed by atoms with van der Waals surface area (Å²) < 4.78 is 11.6. The molecule has 0 amide bonds. The van der Waals surface area contributed by atoms with Gasteiger partial charge in [-0.05, 0) is 32.0 Å². The second-order valence-electron chi connectivity index (χ2n) is 7.07. The summed E-state index contributed by atoms with van der Waals surface area (Å²) in [6.45, 7) is 7.64. The van der Waals surface area contributed by atoms with E-state index in [1.165, 1.54) is 9.13 Å². The zero-order chi connectivity index (χ0) is 21.0. The Hall–Kier alpha value is -3.26. The van der Waals surface area contributed by atoms with Crippen LogP contribution in [0.5, 0.6) is 5.75 Å². The average molecular weight is 414 g/mol. The number of hydrogen-bond acceptors (Lipinski definition) is 4. The molecular weight excluding hydrogens is 394 g/mol. The zero-order valence-electron chi connectivity index (χ0n) is 16.6. The number of ether oxygens (including phenoxy) is 1. The van der Waals surface area contributed by atoms with Gasteiger partial charge in [-0.2, -0.15) is 4.98 Å². The molecule has 29 heavy (non-hydrogen) atoms. The van der Waals surface area contributed by atoms with E-state index in [-0.39, 0.29) is 6.54 Å². The maximum Gasteiger partial charge on any atom is 0.332 e. The van der Waals surface area contributed by atoms with Gasteiger partial charge in [-0.3, -0.25) is 22.9 Å². The minimum atomic E-state index is -0.435. The maximum atomic E-state index is 13.1. The van der Waals surface area contributed by atoms with E-state index in [2.05, 4.69) is 11.6 Å². The van der Waals surface area contributed by atoms with E-state index in [9.17, 15) is 9.59 Å². The zero-order valence-corrected chi connectivity index (χ0v) is 17.3. The third-order valence-corrected chi connectivity index (χ3v) is 5.07. The molecule has 0 aliphatic heterocycles. The molecule has 0 N–H and O–H groups in total. The third-order valence-electron chi connectivity index (χ3n) is 4.84. The first kappa shape index (κ1) is 19.1. The van der Waals surface area contributed by atoms with Crippen LogP contribution in [0.25, 0.3) is 22.6 Å². The van der Waals surface area contributed by atoms with Gasteiger partial charge < -0.3 is 4.74 Å². The molecule has 4 rings (SSSR count). The lowest BCUT2D eigenvalue weighted by atomic mass is 10.3. The normalized spacial score (nSPS) is 11.5. The Labute approximate surface area is 170 Å². The van der Waals surface area contributed by atoms with E-state index >= 15 is 0 Å². The topological polar surface area (TPSA) is 75.5 Å². The Morgan fingerprint density at radius 2 is 2.03 bits per heavy atom. The summed E-state index contributed by atoms with van der Waals surface area (Å²) in [4.78, 5) is 30.4. The predicted molar refractivity (Wildman–Crippen MR) is 113 cm³/mol. The molecule has 1 aromatic carbocycles. The van der Waals surface area contributed by atoms with E-state index in [0.29, 0.717) is 39.0 Å². The number of imidazole rings is 2. The summed E-state index contributed by atoms with van der Waals surface area (Å²) in [5, 5.41) is 0.541. The number of rotatable bonds is 4. The van der Waals surface area contributed by atoms with Gasteiger partial charge in [0, 0.05) is 24.0 Å². The van der Waals surface area contributed by atoms with Gasteiger partial charge in [-0.1, -0.05) is 23.8 Å². The molecule has 8 nitrogen and oxygen atoms in total. The first-order valence-corrected chi connectivity index (χ1v) is 9.30. The number of nitrogens with zero attached hydrogens (tertiary/aromatic N) is 5. The molecule has 4 aromatic rings. The average Bonchev–Trinajstić information content (AvgIpc) is 3.17. The van der Waals surface area contributed by atoms with E-state index in [0.717, 1.165) is 5.69 Å². The van der Waals surface area contributed by atoms with Gasteiger partial charge in [0.25, 0.3) is 5.56 Å². The van der Waals surface area contributed by atoms with Crippen LogP contribution >= 0.6 is 11.6 Å². The van der Waals surface area contributed by atoms with Crippen molar-refractivity contribution in [2.45, 2.75) is 20.4 Å². The largest absolute Gasteiger partial charge is 0.495 e. The fraction of sp³-hybridized carbons (Fsp3) is 0.250. The van der Waals surface area contributed by atoms with Gasteiger partial charge in [-0.15, -0.1) is 0 Å². The Morgan fingerprint density at radius 3 is 2.69 bits per heavy atom. The second kappa shape index (κ2) is 6.66. The molecule has 0 spiro atoms. The van der Waals surface area contributed by atoms with E-state index in [1.807, 2.05) is 17.7 Å². The quantitative estimate of drug-likeness (QED) is 0.482. The number of hydrogen-bond donors (Lipinski definition) is 0. The highest BCUT2D eigenvalue weighted by atomic mass is 35.5. The van der Waals surface area contributed by atoms with Crippen molar-refractivity contribution in [3.63, 3.8) is 0 Å². The highest BCUT2D eigenvalue weighted by Crippen LogP contribution is 2.30. The Bertz CT molecular complexity index is 1420. The molecule has 0 aliphatic rings. The van der Waals surface area contributed by atoms with Gasteiger partial charge in [0.15, 0.2) is 11.2 Å². The van der Waals surface area contributed by atoms with Crippen molar-refractivity contribution in [3.8, 4) is 11.4 Å². The summed E-state index contributed by atoms with van der Waals surface area (Å²) in [5.41, 5.74) is 2.02. The second-order valence-corrected chi connectivity index (χ2v) is 7.50. The molecule has 9 heteroatoms. The molecule has 150 valence electrons. The van der Waals surface area contributed by atoms with Crippen LogP contribution in [0.2, 0.25) is 5.02 Å². The number of methoxy groups -OCH3 is 1. The summed E-state index contributed by atoms with van der Waals surface area (Å²) in [6, 6.07) is 5.28. The Morgan fingerprint density at radius 1 is 1.31 bits per heavy atom. The Balaban J connectivity index is 2.15. The van der Waals surface area contributed by atoms with Crippen molar-refractivity contribution >= 4 is 28.5 Å². The van der Waals surface area contributed by atoms with E-state index in [4.69, 9.17) is 16.3 Å². The van der Waals surface area contributed by atoms with Gasteiger partial charge >= 0.3 is 5.69 Å². The van der Waals surface area contributed by atoms with Crippen molar-refractivity contribution in [3.05, 3.63) is 68.1 Å². The number of benzene rings is 1. The van der Waals surface area contributed by atoms with Gasteiger partial charge in [0.2, 0.25) is 5.78 Å². The molecule has 0 radical (unpaired) electrons. The summed E-state index contributed by atoms with van der Waals surface area (Å²) in [7, 11) is 3.17. The smallest absolute Gasteiger partial charge is 0.332 e. The molecule has 0 bridgehead atoms. The van der Waals surface area contributed by atoms with Crippen LogP contribution in [0.1, 0.15) is 12.6 Å². The summed E-state index contributed by atoms with van der Waals surface area (Å²) in [6.07, 6.45) is 1.81. The lowest BCUT2D eigenvalue weighted by Gasteiger charge is -2.11. The standard InChI is InChI=1S/C20H20ClN5O3/c1-11(2)9-25-18(27)16-17(23(4)20(25)28)22-19-24(16)10-12(3)26(19)14-8-13(21)6-7-15(14)29-5/h6-8,10H,1,9H2,2-5H3. The minimum absolute atomic E-state index is 0.149. The van der Waals surface area contributed by atoms with Gasteiger partial charge in [0.05, 0.1) is 19.3 Å². The molecule has 0 saturated heterocycles. The number of halogens is 1. The van der Waals surface area contributed by atoms with Crippen molar-refractivity contribution < 1.29 is 4.74 Å². The first-order chi connectivity index (χ1) is 13.7. The predicted octanol–water partition coefficient (Wildman–Crippen LogP) is 2.69. The van der Waals surface area contributed by atoms with Gasteiger partial charge in [-0.25, -0.2) is 4.79 Å². The Kier molecular flexibility index (Phi) is 4.38. The molecule has 0 fully saturated rings. The number of aromatic nitrogens is 5. The maximum absolute atomic E-state index is 13.1. The van der Waals surface area contributed by atoms with Crippen LogP contribution in [0, 0.1) is 6.92 Å². The monoisotopic (exact) mass is 413 g/mol. The SMILES string of the molecule is C=C(C)Cn1c(=O)c2c(nc3n(-c4cc(Cl)ccc4OC)c(C)cn23)n(C)c1=O. The van der Waals surface area contributed by atoms with E-state index < -0.39 is 11.2 Å². The highest BCUT2D eigenvalue weighted by molar-refractivity contribution is 6.30. The first-order valence-electron chi connectivity index (χ1n) is 8.92. The van der Waals surface area contributed by atoms with Crippen LogP contribution < -0.4 is 16.0 Å². The highest BCUT2D eigenvalue weighted by Gasteiger charge is 2.22. The van der Waals surface area contributed by atoms with Gasteiger partial charge in [0.1, 0.15) is 5.75 Å². The number of fused-ring (bicyclic) bond motifs is 3. The summed E-state index contributed by atoms with van der Waals surface area (Å²) >= 11 is 6.21. The molecule has 0 aliphatic carbocycles. The van der Waals surface area contributed by atoms with Crippen LogP contribution in [-0.4, -0.2) is 30.2 Å². The van der Waals surface area contributed by atoms with Crippen molar-refractivity contribution in [1.29, 1.82) is 0 Å². The third kappa shape index (κ3) is 2.79. The van der Waals surface area contributed by atoms with E-state index in [1.54, 1.807) is 43.7 Å². The lowest BCUT2D eigenvalue weighted by molar-refractivity contribution is 0.413. The van der Waals surface area contributed by atoms with Crippen molar-refractivity contribution in [2.24, 2.45) is 7.05 Å². The van der Waals surface area contributed by atoms with Crippen LogP contribution in [-0.2, 0) is 13.6 Å². The minimum Gasteiger partial charge on any atom is -0.495 e. The molecular formula is C20H20ClN5O3. The number of aryl methyl sites for hydroxylation is 2. The molecule has 0 saturated carbocycles. The fourth-order valence-electron chi connectivity index (χ4n) is 3.56. The number of allylic oxidation sites excluding steroid dienone is 1. The van der Waals surface area contributed by atoms with Crippen LogP contribution in [0.4, 0.5) is 0 Å². The molecule has 0 unspecified atom stereocenters. The van der Waals surface area contributed by atoms with Crippen molar-refractivity contribution in [1.82, 2.24) is 23.1 Å². The fourth-order valence-corrected chi connectivity index (χ4v) is 3.72. The molecule has 3 aromatic heterocycles.